The molecule has 0 aliphatic carbocycles. The molecule has 2 heterocycles. The molecule has 5 nitrogen and oxygen atoms in total. The molecule has 0 saturated carbocycles. The molecule has 1 aromatic carbocycles. The van der Waals surface area contributed by atoms with Crippen molar-refractivity contribution in [3.05, 3.63) is 47.5 Å². The molecule has 1 aliphatic heterocycles. The third-order valence-corrected chi connectivity index (χ3v) is 4.75. The number of aromatic nitrogens is 3. The highest BCUT2D eigenvalue weighted by Crippen LogP contribution is 2.28. The number of amides is 1. The summed E-state index contributed by atoms with van der Waals surface area (Å²) >= 11 is 0. The summed E-state index contributed by atoms with van der Waals surface area (Å²) in [5.41, 5.74) is 2.52. The molecule has 1 saturated heterocycles. The molecule has 24 heavy (non-hydrogen) atoms. The smallest absolute Gasteiger partial charge is 0.223 e. The van der Waals surface area contributed by atoms with Crippen LogP contribution in [0.1, 0.15) is 56.0 Å². The fraction of sp³-hybridized carbons (Fsp3) is 0.526. The van der Waals surface area contributed by atoms with Crippen molar-refractivity contribution in [2.24, 2.45) is 0 Å². The van der Waals surface area contributed by atoms with Gasteiger partial charge in [0.2, 0.25) is 5.91 Å². The largest absolute Gasteiger partial charge is 0.338 e. The van der Waals surface area contributed by atoms with E-state index in [1.165, 1.54) is 11.1 Å². The van der Waals surface area contributed by atoms with Crippen molar-refractivity contribution in [1.29, 1.82) is 0 Å². The van der Waals surface area contributed by atoms with Gasteiger partial charge in [-0.3, -0.25) is 4.79 Å². The van der Waals surface area contributed by atoms with Crippen LogP contribution in [0.3, 0.4) is 0 Å². The molecule has 0 spiro atoms. The predicted molar refractivity (Wildman–Crippen MR) is 93.5 cm³/mol. The molecule has 1 fully saturated rings. The van der Waals surface area contributed by atoms with E-state index >= 15 is 0 Å². The van der Waals surface area contributed by atoms with E-state index in [1.54, 1.807) is 6.33 Å². The Morgan fingerprint density at radius 3 is 2.62 bits per heavy atom. The standard InChI is InChI=1S/C19H26N4O/c1-3-5-10-23-19(20-14-21-23)17-11-18(24)22(13-17)12-16-8-6-15(4-2)7-9-16/h6-9,14,17H,3-5,10-13H2,1-2H3/t17-/m1/s1. The van der Waals surface area contributed by atoms with Crippen molar-refractivity contribution in [1.82, 2.24) is 19.7 Å². The Hall–Kier alpha value is -2.17. The Labute approximate surface area is 143 Å². The fourth-order valence-corrected chi connectivity index (χ4v) is 3.27. The molecule has 0 bridgehead atoms. The summed E-state index contributed by atoms with van der Waals surface area (Å²) in [5, 5.41) is 4.33. The first kappa shape index (κ1) is 16.7. The van der Waals surface area contributed by atoms with E-state index in [-0.39, 0.29) is 11.8 Å². The Kier molecular flexibility index (Phi) is 5.28. The van der Waals surface area contributed by atoms with Crippen molar-refractivity contribution < 1.29 is 4.79 Å². The van der Waals surface area contributed by atoms with Crippen LogP contribution >= 0.6 is 0 Å². The third-order valence-electron chi connectivity index (χ3n) is 4.75. The number of benzene rings is 1. The minimum Gasteiger partial charge on any atom is -0.338 e. The van der Waals surface area contributed by atoms with Crippen LogP contribution in [0.5, 0.6) is 0 Å². The van der Waals surface area contributed by atoms with E-state index in [9.17, 15) is 4.79 Å². The van der Waals surface area contributed by atoms with Crippen LogP contribution in [0.25, 0.3) is 0 Å². The molecule has 5 heteroatoms. The van der Waals surface area contributed by atoms with Crippen LogP contribution < -0.4 is 0 Å². The number of unbranched alkanes of at least 4 members (excludes halogenated alkanes) is 1. The lowest BCUT2D eigenvalue weighted by Gasteiger charge is -2.17. The third kappa shape index (κ3) is 3.66. The molecule has 1 atom stereocenters. The molecule has 0 N–H and O–H groups in total. The molecular weight excluding hydrogens is 300 g/mol. The van der Waals surface area contributed by atoms with Gasteiger partial charge < -0.3 is 4.90 Å². The lowest BCUT2D eigenvalue weighted by molar-refractivity contribution is -0.128. The van der Waals surface area contributed by atoms with Crippen LogP contribution in [0, 0.1) is 0 Å². The van der Waals surface area contributed by atoms with E-state index in [1.807, 2.05) is 9.58 Å². The van der Waals surface area contributed by atoms with Gasteiger partial charge in [0, 0.05) is 32.0 Å². The maximum Gasteiger partial charge on any atom is 0.223 e. The fourth-order valence-electron chi connectivity index (χ4n) is 3.27. The average Bonchev–Trinajstić information content (AvgIpc) is 3.20. The lowest BCUT2D eigenvalue weighted by atomic mass is 10.1. The second-order valence-corrected chi connectivity index (χ2v) is 6.54. The van der Waals surface area contributed by atoms with E-state index in [4.69, 9.17) is 0 Å². The van der Waals surface area contributed by atoms with E-state index in [0.29, 0.717) is 13.0 Å². The highest BCUT2D eigenvalue weighted by atomic mass is 16.2. The quantitative estimate of drug-likeness (QED) is 0.785. The second-order valence-electron chi connectivity index (χ2n) is 6.54. The molecule has 1 aliphatic rings. The summed E-state index contributed by atoms with van der Waals surface area (Å²) in [6.07, 6.45) is 5.41. The van der Waals surface area contributed by atoms with Crippen LogP contribution in [0.15, 0.2) is 30.6 Å². The minimum atomic E-state index is 0.159. The SMILES string of the molecule is CCCCn1ncnc1[C@@H]1CC(=O)N(Cc2ccc(CC)cc2)C1. The number of nitrogens with zero attached hydrogens (tertiary/aromatic N) is 4. The van der Waals surface area contributed by atoms with Crippen LogP contribution in [0.2, 0.25) is 0 Å². The summed E-state index contributed by atoms with van der Waals surface area (Å²) in [4.78, 5) is 18.8. The lowest BCUT2D eigenvalue weighted by Crippen LogP contribution is -2.24. The second kappa shape index (κ2) is 7.60. The van der Waals surface area contributed by atoms with E-state index < -0.39 is 0 Å². The van der Waals surface area contributed by atoms with Gasteiger partial charge in [-0.1, -0.05) is 44.5 Å². The number of hydrogen-bond acceptors (Lipinski definition) is 3. The highest BCUT2D eigenvalue weighted by Gasteiger charge is 2.33. The number of aryl methyl sites for hydroxylation is 2. The molecule has 1 aromatic heterocycles. The van der Waals surface area contributed by atoms with Gasteiger partial charge in [0.25, 0.3) is 0 Å². The Morgan fingerprint density at radius 2 is 1.92 bits per heavy atom. The molecule has 2 aromatic rings. The summed E-state index contributed by atoms with van der Waals surface area (Å²) < 4.78 is 1.97. The molecular formula is C19H26N4O. The molecule has 0 unspecified atom stereocenters. The summed E-state index contributed by atoms with van der Waals surface area (Å²) in [6.45, 7) is 6.62. The highest BCUT2D eigenvalue weighted by molar-refractivity contribution is 5.79. The zero-order valence-corrected chi connectivity index (χ0v) is 14.6. The number of rotatable bonds is 7. The number of carbonyl (C=O) groups excluding carboxylic acids is 1. The first-order chi connectivity index (χ1) is 11.7. The van der Waals surface area contributed by atoms with Gasteiger partial charge in [0.05, 0.1) is 0 Å². The topological polar surface area (TPSA) is 51.0 Å². The average molecular weight is 326 g/mol. The van der Waals surface area contributed by atoms with Crippen LogP contribution in [0.4, 0.5) is 0 Å². The van der Waals surface area contributed by atoms with Crippen molar-refractivity contribution in [3.63, 3.8) is 0 Å². The Balaban J connectivity index is 1.66. The van der Waals surface area contributed by atoms with Gasteiger partial charge in [0.15, 0.2) is 0 Å². The first-order valence-corrected chi connectivity index (χ1v) is 8.94. The van der Waals surface area contributed by atoms with Crippen molar-refractivity contribution in [3.8, 4) is 0 Å². The summed E-state index contributed by atoms with van der Waals surface area (Å²) in [6, 6.07) is 8.55. The molecule has 1 amide bonds. The van der Waals surface area contributed by atoms with Gasteiger partial charge >= 0.3 is 0 Å². The predicted octanol–water partition coefficient (Wildman–Crippen LogP) is 3.16. The Morgan fingerprint density at radius 1 is 1.17 bits per heavy atom. The monoisotopic (exact) mass is 326 g/mol. The minimum absolute atomic E-state index is 0.159. The van der Waals surface area contributed by atoms with Gasteiger partial charge in [-0.15, -0.1) is 0 Å². The van der Waals surface area contributed by atoms with Gasteiger partial charge in [-0.05, 0) is 24.0 Å². The van der Waals surface area contributed by atoms with Gasteiger partial charge in [-0.25, -0.2) is 9.67 Å². The van der Waals surface area contributed by atoms with Gasteiger partial charge in [-0.2, -0.15) is 5.10 Å². The summed E-state index contributed by atoms with van der Waals surface area (Å²) in [5.74, 6) is 1.33. The van der Waals surface area contributed by atoms with E-state index in [2.05, 4.69) is 48.2 Å². The number of likely N-dealkylation sites (tertiary alicyclic amines) is 1. The molecule has 128 valence electrons. The van der Waals surface area contributed by atoms with Crippen molar-refractivity contribution in [2.45, 2.75) is 58.5 Å². The maximum absolute atomic E-state index is 12.4. The summed E-state index contributed by atoms with van der Waals surface area (Å²) in [7, 11) is 0. The van der Waals surface area contributed by atoms with E-state index in [0.717, 1.165) is 38.2 Å². The van der Waals surface area contributed by atoms with Gasteiger partial charge in [0.1, 0.15) is 12.2 Å². The van der Waals surface area contributed by atoms with Crippen molar-refractivity contribution >= 4 is 5.91 Å². The van der Waals surface area contributed by atoms with Crippen molar-refractivity contribution in [2.75, 3.05) is 6.54 Å². The Bertz CT molecular complexity index is 677. The molecule has 0 radical (unpaired) electrons. The first-order valence-electron chi connectivity index (χ1n) is 8.94. The molecule has 3 rings (SSSR count). The van der Waals surface area contributed by atoms with Crippen LogP contribution in [-0.2, 0) is 24.3 Å². The zero-order valence-electron chi connectivity index (χ0n) is 14.6. The number of hydrogen-bond donors (Lipinski definition) is 0. The number of carbonyl (C=O) groups is 1. The normalized spacial score (nSPS) is 17.7. The maximum atomic E-state index is 12.4. The zero-order chi connectivity index (χ0) is 16.9. The van der Waals surface area contributed by atoms with Crippen LogP contribution in [-0.4, -0.2) is 32.1 Å².